The van der Waals surface area contributed by atoms with Crippen LogP contribution in [0.4, 0.5) is 0 Å². The molecular formula is C25H35ClN2O6S. The first-order valence-electron chi connectivity index (χ1n) is 11.5. The summed E-state index contributed by atoms with van der Waals surface area (Å²) in [6.45, 7) is 3.12. The lowest BCUT2D eigenvalue weighted by Crippen LogP contribution is -2.32. The number of benzene rings is 2. The molecular weight excluding hydrogens is 492 g/mol. The molecule has 0 saturated heterocycles. The zero-order valence-corrected chi connectivity index (χ0v) is 22.2. The summed E-state index contributed by atoms with van der Waals surface area (Å²) in [6.07, 6.45) is 3.40. The summed E-state index contributed by atoms with van der Waals surface area (Å²) in [7, 11) is 1.09. The van der Waals surface area contributed by atoms with Gasteiger partial charge in [-0.25, -0.2) is 13.1 Å². The molecule has 1 aliphatic heterocycles. The zero-order valence-electron chi connectivity index (χ0n) is 20.5. The third-order valence-corrected chi connectivity index (χ3v) is 7.55. The molecule has 0 bridgehead atoms. The van der Waals surface area contributed by atoms with Gasteiger partial charge in [0, 0.05) is 26.1 Å². The van der Waals surface area contributed by atoms with Crippen LogP contribution in [0.2, 0.25) is 0 Å². The second-order valence-electron chi connectivity index (χ2n) is 8.33. The molecule has 1 heterocycles. The smallest absolute Gasteiger partial charge is 0.305 e. The second-order valence-corrected chi connectivity index (χ2v) is 10.1. The highest BCUT2D eigenvalue weighted by Gasteiger charge is 2.19. The highest BCUT2D eigenvalue weighted by atomic mass is 35.5. The van der Waals surface area contributed by atoms with Crippen LogP contribution in [0.5, 0.6) is 11.5 Å². The number of hydrogen-bond donors (Lipinski definition) is 1. The van der Waals surface area contributed by atoms with Crippen molar-refractivity contribution in [2.24, 2.45) is 0 Å². The summed E-state index contributed by atoms with van der Waals surface area (Å²) < 4.78 is 43.2. The van der Waals surface area contributed by atoms with E-state index in [0.29, 0.717) is 13.0 Å². The molecule has 0 aliphatic carbocycles. The van der Waals surface area contributed by atoms with Gasteiger partial charge in [-0.05, 0) is 73.2 Å². The molecule has 2 aromatic carbocycles. The van der Waals surface area contributed by atoms with Gasteiger partial charge in [-0.3, -0.25) is 9.69 Å². The number of carbonyl (C=O) groups is 1. The number of sulfonamides is 1. The Morgan fingerprint density at radius 2 is 1.66 bits per heavy atom. The van der Waals surface area contributed by atoms with E-state index in [1.807, 2.05) is 0 Å². The van der Waals surface area contributed by atoms with Crippen molar-refractivity contribution in [3.05, 3.63) is 53.1 Å². The Hall–Kier alpha value is -2.33. The fraction of sp³-hybridized carbons (Fsp3) is 0.480. The second kappa shape index (κ2) is 13.7. The molecule has 10 heteroatoms. The van der Waals surface area contributed by atoms with Crippen LogP contribution in [-0.4, -0.2) is 60.3 Å². The van der Waals surface area contributed by atoms with Crippen LogP contribution in [0.3, 0.4) is 0 Å². The van der Waals surface area contributed by atoms with Crippen LogP contribution in [0.25, 0.3) is 0 Å². The van der Waals surface area contributed by atoms with Crippen LogP contribution in [0.1, 0.15) is 36.0 Å². The van der Waals surface area contributed by atoms with Gasteiger partial charge in [-0.15, -0.1) is 12.4 Å². The first kappa shape index (κ1) is 28.9. The van der Waals surface area contributed by atoms with Crippen LogP contribution in [0.15, 0.2) is 41.3 Å². The van der Waals surface area contributed by atoms with Crippen LogP contribution in [-0.2, 0) is 38.9 Å². The Morgan fingerprint density at radius 3 is 2.29 bits per heavy atom. The zero-order chi connectivity index (χ0) is 24.6. The van der Waals surface area contributed by atoms with E-state index in [2.05, 4.69) is 26.5 Å². The molecule has 0 saturated carbocycles. The van der Waals surface area contributed by atoms with Gasteiger partial charge in [0.1, 0.15) is 0 Å². The predicted molar refractivity (Wildman–Crippen MR) is 137 cm³/mol. The topological polar surface area (TPSA) is 94.2 Å². The van der Waals surface area contributed by atoms with Crippen molar-refractivity contribution in [3.63, 3.8) is 0 Å². The predicted octanol–water partition coefficient (Wildman–Crippen LogP) is 3.35. The molecule has 1 aliphatic rings. The minimum atomic E-state index is -3.55. The van der Waals surface area contributed by atoms with Crippen molar-refractivity contribution in [1.82, 2.24) is 9.62 Å². The molecule has 8 nitrogen and oxygen atoms in total. The van der Waals surface area contributed by atoms with Gasteiger partial charge in [0.2, 0.25) is 10.0 Å². The summed E-state index contributed by atoms with van der Waals surface area (Å²) in [5.41, 5.74) is 3.43. The summed E-state index contributed by atoms with van der Waals surface area (Å²) in [4.78, 5) is 13.9. The summed E-state index contributed by atoms with van der Waals surface area (Å²) in [6, 6.07) is 10.7. The monoisotopic (exact) mass is 526 g/mol. The third kappa shape index (κ3) is 8.10. The maximum absolute atomic E-state index is 12.6. The largest absolute Gasteiger partial charge is 0.493 e. The standard InChI is InChI=1S/C25H34N2O6S.ClH/c1-31-23-16-20-12-15-27(18-21(20)17-24(23)32-2)14-5-4-13-26-34(29,30)22-9-6-19(7-10-22)8-11-25(28)33-3;/h6-7,9-10,16-17,26H,4-5,8,11-15,18H2,1-3H3;1H. The van der Waals surface area contributed by atoms with E-state index in [4.69, 9.17) is 9.47 Å². The Kier molecular flexibility index (Phi) is 11.3. The van der Waals surface area contributed by atoms with E-state index in [-0.39, 0.29) is 29.7 Å². The fourth-order valence-electron chi connectivity index (χ4n) is 4.07. The molecule has 0 unspecified atom stereocenters. The SMILES string of the molecule is COC(=O)CCc1ccc(S(=O)(=O)NCCCCN2CCc3cc(OC)c(OC)cc3C2)cc1.Cl. The first-order chi connectivity index (χ1) is 16.4. The van der Waals surface area contributed by atoms with Gasteiger partial charge < -0.3 is 14.2 Å². The molecule has 0 spiro atoms. The maximum atomic E-state index is 12.6. The van der Waals surface area contributed by atoms with Gasteiger partial charge >= 0.3 is 5.97 Å². The average molecular weight is 527 g/mol. The van der Waals surface area contributed by atoms with E-state index in [0.717, 1.165) is 56.0 Å². The molecule has 0 aromatic heterocycles. The van der Waals surface area contributed by atoms with E-state index in [9.17, 15) is 13.2 Å². The van der Waals surface area contributed by atoms with E-state index >= 15 is 0 Å². The lowest BCUT2D eigenvalue weighted by molar-refractivity contribution is -0.140. The number of nitrogens with zero attached hydrogens (tertiary/aromatic N) is 1. The number of fused-ring (bicyclic) bond motifs is 1. The van der Waals surface area contributed by atoms with Crippen molar-refractivity contribution >= 4 is 28.4 Å². The lowest BCUT2D eigenvalue weighted by Gasteiger charge is -2.29. The van der Waals surface area contributed by atoms with Crippen molar-refractivity contribution in [2.75, 3.05) is 41.0 Å². The number of hydrogen-bond acceptors (Lipinski definition) is 7. The number of methoxy groups -OCH3 is 3. The molecule has 0 amide bonds. The molecule has 0 atom stereocenters. The van der Waals surface area contributed by atoms with E-state index in [1.54, 1.807) is 38.5 Å². The van der Waals surface area contributed by atoms with Crippen molar-refractivity contribution in [2.45, 2.75) is 43.5 Å². The first-order valence-corrected chi connectivity index (χ1v) is 13.0. The van der Waals surface area contributed by atoms with E-state index < -0.39 is 10.0 Å². The average Bonchev–Trinajstić information content (AvgIpc) is 2.86. The third-order valence-electron chi connectivity index (χ3n) is 6.07. The molecule has 1 N–H and O–H groups in total. The summed E-state index contributed by atoms with van der Waals surface area (Å²) >= 11 is 0. The quantitative estimate of drug-likeness (QED) is 0.335. The summed E-state index contributed by atoms with van der Waals surface area (Å²) in [5, 5.41) is 0. The van der Waals surface area contributed by atoms with E-state index in [1.165, 1.54) is 18.2 Å². The highest BCUT2D eigenvalue weighted by Crippen LogP contribution is 2.33. The maximum Gasteiger partial charge on any atom is 0.305 e. The van der Waals surface area contributed by atoms with Crippen LogP contribution >= 0.6 is 12.4 Å². The number of esters is 1. The molecule has 35 heavy (non-hydrogen) atoms. The van der Waals surface area contributed by atoms with Gasteiger partial charge in [-0.2, -0.15) is 0 Å². The highest BCUT2D eigenvalue weighted by molar-refractivity contribution is 7.89. The Morgan fingerprint density at radius 1 is 1.00 bits per heavy atom. The minimum absolute atomic E-state index is 0. The fourth-order valence-corrected chi connectivity index (χ4v) is 5.14. The Bertz CT molecular complexity index is 1080. The number of ether oxygens (including phenoxy) is 3. The van der Waals surface area contributed by atoms with Crippen molar-refractivity contribution in [3.8, 4) is 11.5 Å². The molecule has 194 valence electrons. The van der Waals surface area contributed by atoms with Crippen LogP contribution in [0, 0.1) is 0 Å². The van der Waals surface area contributed by atoms with Gasteiger partial charge in [0.05, 0.1) is 26.2 Å². The number of unbranched alkanes of at least 4 members (excludes halogenated alkanes) is 1. The van der Waals surface area contributed by atoms with Crippen molar-refractivity contribution in [1.29, 1.82) is 0 Å². The lowest BCUT2D eigenvalue weighted by atomic mass is 9.98. The van der Waals surface area contributed by atoms with Crippen LogP contribution < -0.4 is 14.2 Å². The molecule has 0 fully saturated rings. The normalized spacial score (nSPS) is 13.5. The van der Waals surface area contributed by atoms with Gasteiger partial charge in [0.25, 0.3) is 0 Å². The molecule has 2 aromatic rings. The summed E-state index contributed by atoms with van der Waals surface area (Å²) in [5.74, 6) is 1.22. The Labute approximate surface area is 214 Å². The molecule has 3 rings (SSSR count). The van der Waals surface area contributed by atoms with Crippen molar-refractivity contribution < 1.29 is 27.4 Å². The number of nitrogens with one attached hydrogen (secondary N) is 1. The minimum Gasteiger partial charge on any atom is -0.493 e. The number of carbonyl (C=O) groups excluding carboxylic acids is 1. The van der Waals surface area contributed by atoms with Gasteiger partial charge in [-0.1, -0.05) is 12.1 Å². The van der Waals surface area contributed by atoms with Gasteiger partial charge in [0.15, 0.2) is 11.5 Å². The Balaban J connectivity index is 0.00000432. The number of aryl methyl sites for hydroxylation is 1. The number of halogens is 1. The molecule has 0 radical (unpaired) electrons. The number of rotatable bonds is 12.